The van der Waals surface area contributed by atoms with Gasteiger partial charge in [0.15, 0.2) is 0 Å². The first-order valence-electron chi connectivity index (χ1n) is 7.12. The van der Waals surface area contributed by atoms with Gasteiger partial charge in [0, 0.05) is 5.69 Å². The number of imide groups is 1. The number of ether oxygens (including phenoxy) is 1. The second kappa shape index (κ2) is 6.08. The lowest BCUT2D eigenvalue weighted by Crippen LogP contribution is -2.35. The van der Waals surface area contributed by atoms with Crippen LogP contribution in [0, 0.1) is 5.82 Å². The maximum absolute atomic E-state index is 12.9. The molecule has 1 heterocycles. The van der Waals surface area contributed by atoms with Crippen molar-refractivity contribution in [3.8, 4) is 5.75 Å². The molecule has 0 radical (unpaired) electrons. The smallest absolute Gasteiger partial charge is 0.256 e. The second-order valence-electron chi connectivity index (χ2n) is 5.15. The third-order valence-electron chi connectivity index (χ3n) is 3.66. The number of para-hydroxylation sites is 2. The fourth-order valence-electron chi connectivity index (χ4n) is 2.56. The van der Waals surface area contributed by atoms with Crippen molar-refractivity contribution in [3.63, 3.8) is 0 Å². The van der Waals surface area contributed by atoms with E-state index < -0.39 is 6.04 Å². The van der Waals surface area contributed by atoms with Crippen molar-refractivity contribution in [2.45, 2.75) is 12.5 Å². The molecule has 2 aromatic carbocycles. The number of anilines is 2. The van der Waals surface area contributed by atoms with Gasteiger partial charge in [0.1, 0.15) is 17.6 Å². The monoisotopic (exact) mass is 314 g/mol. The molecule has 0 bridgehead atoms. The van der Waals surface area contributed by atoms with E-state index in [0.717, 1.165) is 4.90 Å². The zero-order valence-electron chi connectivity index (χ0n) is 12.5. The number of amides is 2. The number of hydrogen-bond acceptors (Lipinski definition) is 4. The Bertz CT molecular complexity index is 746. The van der Waals surface area contributed by atoms with Gasteiger partial charge in [-0.3, -0.25) is 9.59 Å². The van der Waals surface area contributed by atoms with E-state index in [0.29, 0.717) is 17.1 Å². The number of benzene rings is 2. The average Bonchev–Trinajstić information content (AvgIpc) is 2.83. The van der Waals surface area contributed by atoms with Crippen molar-refractivity contribution in [2.75, 3.05) is 17.3 Å². The molecule has 1 atom stereocenters. The van der Waals surface area contributed by atoms with Gasteiger partial charge in [0.25, 0.3) is 5.91 Å². The Morgan fingerprint density at radius 3 is 2.52 bits per heavy atom. The summed E-state index contributed by atoms with van der Waals surface area (Å²) in [7, 11) is 1.48. The summed E-state index contributed by atoms with van der Waals surface area (Å²) >= 11 is 0. The van der Waals surface area contributed by atoms with E-state index >= 15 is 0 Å². The van der Waals surface area contributed by atoms with Gasteiger partial charge in [-0.05, 0) is 36.4 Å². The van der Waals surface area contributed by atoms with Crippen LogP contribution < -0.4 is 15.0 Å². The number of nitrogens with one attached hydrogen (secondary N) is 1. The molecule has 0 unspecified atom stereocenters. The highest BCUT2D eigenvalue weighted by atomic mass is 19.1. The largest absolute Gasteiger partial charge is 0.495 e. The van der Waals surface area contributed by atoms with Crippen molar-refractivity contribution in [1.82, 2.24) is 0 Å². The highest BCUT2D eigenvalue weighted by Crippen LogP contribution is 2.32. The molecule has 0 saturated carbocycles. The van der Waals surface area contributed by atoms with Gasteiger partial charge < -0.3 is 10.1 Å². The Kier molecular flexibility index (Phi) is 3.97. The normalized spacial score (nSPS) is 17.5. The van der Waals surface area contributed by atoms with Crippen LogP contribution in [0.3, 0.4) is 0 Å². The molecule has 118 valence electrons. The molecule has 1 N–H and O–H groups in total. The molecule has 0 aromatic heterocycles. The highest BCUT2D eigenvalue weighted by Gasteiger charge is 2.40. The van der Waals surface area contributed by atoms with E-state index in [9.17, 15) is 14.0 Å². The Morgan fingerprint density at radius 2 is 1.83 bits per heavy atom. The van der Waals surface area contributed by atoms with E-state index in [1.807, 2.05) is 0 Å². The number of halogens is 1. The van der Waals surface area contributed by atoms with Crippen LogP contribution in [0.4, 0.5) is 15.8 Å². The summed E-state index contributed by atoms with van der Waals surface area (Å²) in [6, 6.07) is 11.8. The predicted molar refractivity (Wildman–Crippen MR) is 83.9 cm³/mol. The zero-order valence-corrected chi connectivity index (χ0v) is 12.5. The predicted octanol–water partition coefficient (Wildman–Crippen LogP) is 2.58. The molecular formula is C17H15FN2O3. The minimum Gasteiger partial charge on any atom is -0.495 e. The SMILES string of the molecule is COc1ccccc1N1C(=O)C[C@H](Nc2ccc(F)cc2)C1=O. The number of nitrogens with zero attached hydrogens (tertiary/aromatic N) is 1. The third kappa shape index (κ3) is 2.88. The van der Waals surface area contributed by atoms with Crippen LogP contribution in [-0.4, -0.2) is 25.0 Å². The maximum atomic E-state index is 12.9. The van der Waals surface area contributed by atoms with Crippen LogP contribution in [0.1, 0.15) is 6.42 Å². The Labute approximate surface area is 132 Å². The van der Waals surface area contributed by atoms with Crippen molar-refractivity contribution in [1.29, 1.82) is 0 Å². The van der Waals surface area contributed by atoms with Crippen LogP contribution in [0.25, 0.3) is 0 Å². The molecule has 2 amide bonds. The number of rotatable bonds is 4. The first-order chi connectivity index (χ1) is 11.1. The van der Waals surface area contributed by atoms with E-state index in [2.05, 4.69) is 5.32 Å². The first kappa shape index (κ1) is 15.0. The lowest BCUT2D eigenvalue weighted by Gasteiger charge is -2.18. The van der Waals surface area contributed by atoms with Gasteiger partial charge >= 0.3 is 0 Å². The van der Waals surface area contributed by atoms with Crippen LogP contribution in [0.5, 0.6) is 5.75 Å². The quantitative estimate of drug-likeness (QED) is 0.881. The lowest BCUT2D eigenvalue weighted by molar-refractivity contribution is -0.121. The molecule has 3 rings (SSSR count). The van der Waals surface area contributed by atoms with E-state index in [1.165, 1.54) is 31.4 Å². The Balaban J connectivity index is 1.84. The van der Waals surface area contributed by atoms with Gasteiger partial charge in [0.2, 0.25) is 5.91 Å². The summed E-state index contributed by atoms with van der Waals surface area (Å²) in [4.78, 5) is 26.0. The van der Waals surface area contributed by atoms with Crippen LogP contribution in [-0.2, 0) is 9.59 Å². The Hall–Kier alpha value is -2.89. The van der Waals surface area contributed by atoms with Crippen molar-refractivity contribution >= 4 is 23.2 Å². The average molecular weight is 314 g/mol. The number of methoxy groups -OCH3 is 1. The van der Waals surface area contributed by atoms with Crippen molar-refractivity contribution in [2.24, 2.45) is 0 Å². The van der Waals surface area contributed by atoms with Gasteiger partial charge in [0.05, 0.1) is 19.2 Å². The topological polar surface area (TPSA) is 58.6 Å². The number of hydrogen-bond donors (Lipinski definition) is 1. The fraction of sp³-hybridized carbons (Fsp3) is 0.176. The van der Waals surface area contributed by atoms with Crippen LogP contribution in [0.2, 0.25) is 0 Å². The van der Waals surface area contributed by atoms with E-state index in [1.54, 1.807) is 24.3 Å². The summed E-state index contributed by atoms with van der Waals surface area (Å²) < 4.78 is 18.1. The second-order valence-corrected chi connectivity index (χ2v) is 5.15. The van der Waals surface area contributed by atoms with Gasteiger partial charge in [-0.1, -0.05) is 12.1 Å². The van der Waals surface area contributed by atoms with Crippen molar-refractivity contribution in [3.05, 3.63) is 54.3 Å². The first-order valence-corrected chi connectivity index (χ1v) is 7.12. The molecule has 2 aromatic rings. The summed E-state index contributed by atoms with van der Waals surface area (Å²) in [5.41, 5.74) is 1.01. The molecule has 6 heteroatoms. The summed E-state index contributed by atoms with van der Waals surface area (Å²) in [6.07, 6.45) is 0.0360. The zero-order chi connectivity index (χ0) is 16.4. The number of carbonyl (C=O) groups is 2. The van der Waals surface area contributed by atoms with Gasteiger partial charge in [-0.25, -0.2) is 9.29 Å². The standard InChI is InChI=1S/C17H15FN2O3/c1-23-15-5-3-2-4-14(15)20-16(21)10-13(17(20)22)19-12-8-6-11(18)7-9-12/h2-9,13,19H,10H2,1H3/t13-/m0/s1. The van der Waals surface area contributed by atoms with E-state index in [-0.39, 0.29) is 24.1 Å². The third-order valence-corrected chi connectivity index (χ3v) is 3.66. The van der Waals surface area contributed by atoms with Crippen LogP contribution in [0.15, 0.2) is 48.5 Å². The van der Waals surface area contributed by atoms with Crippen molar-refractivity contribution < 1.29 is 18.7 Å². The molecule has 0 aliphatic carbocycles. The van der Waals surface area contributed by atoms with Crippen LogP contribution >= 0.6 is 0 Å². The molecule has 1 fully saturated rings. The highest BCUT2D eigenvalue weighted by molar-refractivity contribution is 6.23. The maximum Gasteiger partial charge on any atom is 0.256 e. The summed E-state index contributed by atoms with van der Waals surface area (Å²) in [5, 5.41) is 2.97. The minimum atomic E-state index is -0.683. The minimum absolute atomic E-state index is 0.0360. The molecular weight excluding hydrogens is 299 g/mol. The molecule has 0 spiro atoms. The molecule has 1 saturated heterocycles. The van der Waals surface area contributed by atoms with Gasteiger partial charge in [-0.15, -0.1) is 0 Å². The van der Waals surface area contributed by atoms with E-state index in [4.69, 9.17) is 4.74 Å². The summed E-state index contributed by atoms with van der Waals surface area (Å²) in [6.45, 7) is 0. The number of carbonyl (C=O) groups excluding carboxylic acids is 2. The Morgan fingerprint density at radius 1 is 1.13 bits per heavy atom. The molecule has 5 nitrogen and oxygen atoms in total. The fourth-order valence-corrected chi connectivity index (χ4v) is 2.56. The summed E-state index contributed by atoms with van der Waals surface area (Å²) in [5.74, 6) is -0.570. The molecule has 1 aliphatic rings. The molecule has 1 aliphatic heterocycles. The van der Waals surface area contributed by atoms with Gasteiger partial charge in [-0.2, -0.15) is 0 Å². The lowest BCUT2D eigenvalue weighted by atomic mass is 10.2. The molecule has 23 heavy (non-hydrogen) atoms.